The Morgan fingerprint density at radius 2 is 1.78 bits per heavy atom. The topological polar surface area (TPSA) is 167 Å². The molecular formula is C32H39FN6O7. The molecule has 246 valence electrons. The van der Waals surface area contributed by atoms with Crippen LogP contribution in [0.15, 0.2) is 47.0 Å². The van der Waals surface area contributed by atoms with Gasteiger partial charge in [0.15, 0.2) is 11.6 Å². The third-order valence-corrected chi connectivity index (χ3v) is 7.70. The molecule has 4 rings (SSSR count). The molecule has 3 N–H and O–H groups in total. The Balaban J connectivity index is 1.38. The van der Waals surface area contributed by atoms with Gasteiger partial charge in [-0.3, -0.25) is 24.1 Å². The van der Waals surface area contributed by atoms with Crippen molar-refractivity contribution < 1.29 is 37.9 Å². The summed E-state index contributed by atoms with van der Waals surface area (Å²) in [5, 5.41) is 18.6. The van der Waals surface area contributed by atoms with Crippen molar-refractivity contribution in [3.05, 3.63) is 59.7 Å². The fraction of sp³-hybridized carbons (Fsp3) is 0.438. The summed E-state index contributed by atoms with van der Waals surface area (Å²) in [7, 11) is 1.47. The molecule has 14 heteroatoms. The van der Waals surface area contributed by atoms with Crippen molar-refractivity contribution in [2.24, 2.45) is 5.92 Å². The standard InChI is InChI=1S/C32H39FN6O7/c1-19(2)30(36-28(41)16-22-15-21(9-10-27(22)45-4)32-34-20(3)37-46-32)31(44)35-24(17-29(42)43)26(40)18-38-11-13-39(14-12-38)25-8-6-5-7-23(25)33/h5-10,15,19,24,30H,11-14,16-18H2,1-4H3,(H,35,44)(H,36,41)(H,42,43)/t24?,30-/m0/s1. The van der Waals surface area contributed by atoms with Crippen LogP contribution in [0.2, 0.25) is 0 Å². The summed E-state index contributed by atoms with van der Waals surface area (Å²) in [4.78, 5) is 59.4. The number of hydrogen-bond acceptors (Lipinski definition) is 10. The molecule has 0 aliphatic carbocycles. The first-order chi connectivity index (χ1) is 21.9. The quantitative estimate of drug-likeness (QED) is 0.237. The van der Waals surface area contributed by atoms with Crippen molar-refractivity contribution in [1.29, 1.82) is 0 Å². The van der Waals surface area contributed by atoms with E-state index in [0.717, 1.165) is 0 Å². The van der Waals surface area contributed by atoms with E-state index < -0.39 is 42.1 Å². The number of nitrogens with one attached hydrogen (secondary N) is 2. The van der Waals surface area contributed by atoms with Gasteiger partial charge in [-0.25, -0.2) is 4.39 Å². The zero-order chi connectivity index (χ0) is 33.4. The van der Waals surface area contributed by atoms with Gasteiger partial charge in [0.05, 0.1) is 38.2 Å². The van der Waals surface area contributed by atoms with Crippen LogP contribution >= 0.6 is 0 Å². The number of benzene rings is 2. The number of halogens is 1. The Hall–Kier alpha value is -4.85. The molecule has 2 aromatic carbocycles. The average Bonchev–Trinajstić information content (AvgIpc) is 3.46. The third kappa shape index (κ3) is 8.87. The van der Waals surface area contributed by atoms with Crippen LogP contribution in [0.5, 0.6) is 5.75 Å². The molecule has 3 aromatic rings. The SMILES string of the molecule is COc1ccc(-c2nc(C)no2)cc1CC(=O)N[C@H](C(=O)NC(CC(=O)O)C(=O)CN1CCN(c2ccccc2F)CC1)C(C)C. The first kappa shape index (κ1) is 34.0. The van der Waals surface area contributed by atoms with Gasteiger partial charge in [0.1, 0.15) is 17.6 Å². The number of carbonyl (C=O) groups excluding carboxylic acids is 3. The lowest BCUT2D eigenvalue weighted by atomic mass is 10.0. The second-order valence-corrected chi connectivity index (χ2v) is 11.5. The predicted molar refractivity (Wildman–Crippen MR) is 166 cm³/mol. The van der Waals surface area contributed by atoms with Crippen molar-refractivity contribution in [2.45, 2.75) is 45.7 Å². The molecular weight excluding hydrogens is 599 g/mol. The van der Waals surface area contributed by atoms with Crippen molar-refractivity contribution in [1.82, 2.24) is 25.7 Å². The van der Waals surface area contributed by atoms with Crippen LogP contribution in [0.1, 0.15) is 31.7 Å². The van der Waals surface area contributed by atoms with E-state index in [9.17, 15) is 28.7 Å². The van der Waals surface area contributed by atoms with E-state index in [1.54, 1.807) is 57.2 Å². The van der Waals surface area contributed by atoms with Gasteiger partial charge in [-0.15, -0.1) is 0 Å². The van der Waals surface area contributed by atoms with Gasteiger partial charge >= 0.3 is 5.97 Å². The van der Waals surface area contributed by atoms with Crippen LogP contribution in [0.25, 0.3) is 11.5 Å². The molecule has 0 saturated carbocycles. The molecule has 0 spiro atoms. The molecule has 1 aliphatic heterocycles. The monoisotopic (exact) mass is 638 g/mol. The largest absolute Gasteiger partial charge is 0.496 e. The number of rotatable bonds is 14. The van der Waals surface area contributed by atoms with Crippen molar-refractivity contribution in [2.75, 3.05) is 44.7 Å². The zero-order valence-corrected chi connectivity index (χ0v) is 26.3. The number of aromatic nitrogens is 2. The van der Waals surface area contributed by atoms with Gasteiger partial charge in [-0.1, -0.05) is 31.1 Å². The van der Waals surface area contributed by atoms with Gasteiger partial charge in [0.2, 0.25) is 11.8 Å². The molecule has 1 saturated heterocycles. The summed E-state index contributed by atoms with van der Waals surface area (Å²) in [6.07, 6.45) is -0.755. The number of ether oxygens (including phenoxy) is 1. The minimum absolute atomic E-state index is 0.0856. The van der Waals surface area contributed by atoms with Crippen LogP contribution in [0, 0.1) is 18.7 Å². The number of carboxylic acids is 1. The number of piperazine rings is 1. The normalized spacial score (nSPS) is 14.9. The number of carboxylic acid groups (broad SMARTS) is 1. The van der Waals surface area contributed by atoms with Crippen molar-refractivity contribution >= 4 is 29.3 Å². The highest BCUT2D eigenvalue weighted by atomic mass is 19.1. The van der Waals surface area contributed by atoms with Gasteiger partial charge in [0.25, 0.3) is 5.89 Å². The van der Waals surface area contributed by atoms with E-state index in [1.807, 2.05) is 9.80 Å². The first-order valence-electron chi connectivity index (χ1n) is 15.0. The Morgan fingerprint density at radius 3 is 2.39 bits per heavy atom. The van der Waals surface area contributed by atoms with Crippen LogP contribution in [0.4, 0.5) is 10.1 Å². The summed E-state index contributed by atoms with van der Waals surface area (Å²) in [5.41, 5.74) is 1.59. The van der Waals surface area contributed by atoms with E-state index in [1.165, 1.54) is 13.2 Å². The Kier molecular flexibility index (Phi) is 11.4. The highest BCUT2D eigenvalue weighted by molar-refractivity contribution is 5.95. The Morgan fingerprint density at radius 1 is 1.07 bits per heavy atom. The first-order valence-corrected chi connectivity index (χ1v) is 15.0. The minimum atomic E-state index is -1.30. The summed E-state index contributed by atoms with van der Waals surface area (Å²) in [5.74, 6) is -2.41. The lowest BCUT2D eigenvalue weighted by Gasteiger charge is -2.36. The lowest BCUT2D eigenvalue weighted by Crippen LogP contribution is -2.56. The number of Topliss-reactive ketones (excluding diaryl/α,β-unsaturated/α-hetero) is 1. The highest BCUT2D eigenvalue weighted by Gasteiger charge is 2.32. The maximum absolute atomic E-state index is 14.2. The number of anilines is 1. The molecule has 13 nitrogen and oxygen atoms in total. The molecule has 0 radical (unpaired) electrons. The molecule has 1 aromatic heterocycles. The van der Waals surface area contributed by atoms with Crippen LogP contribution in [-0.4, -0.2) is 95.6 Å². The van der Waals surface area contributed by atoms with E-state index in [0.29, 0.717) is 54.6 Å². The van der Waals surface area contributed by atoms with E-state index in [2.05, 4.69) is 20.8 Å². The summed E-state index contributed by atoms with van der Waals surface area (Å²) >= 11 is 0. The van der Waals surface area contributed by atoms with Gasteiger partial charge in [0, 0.05) is 37.3 Å². The predicted octanol–water partition coefficient (Wildman–Crippen LogP) is 2.23. The number of ketones is 1. The molecule has 0 bridgehead atoms. The molecule has 1 aliphatic rings. The number of methoxy groups -OCH3 is 1. The van der Waals surface area contributed by atoms with Crippen molar-refractivity contribution in [3.8, 4) is 17.2 Å². The van der Waals surface area contributed by atoms with Gasteiger partial charge < -0.3 is 29.9 Å². The van der Waals surface area contributed by atoms with Gasteiger partial charge in [-0.2, -0.15) is 4.98 Å². The smallest absolute Gasteiger partial charge is 0.305 e. The maximum Gasteiger partial charge on any atom is 0.305 e. The summed E-state index contributed by atoms with van der Waals surface area (Å²) in [6, 6.07) is 9.20. The van der Waals surface area contributed by atoms with E-state index in [4.69, 9.17) is 9.26 Å². The number of aryl methyl sites for hydroxylation is 1. The molecule has 2 amide bonds. The Labute approximate surface area is 266 Å². The fourth-order valence-electron chi connectivity index (χ4n) is 5.26. The van der Waals surface area contributed by atoms with Crippen LogP contribution in [0.3, 0.4) is 0 Å². The third-order valence-electron chi connectivity index (χ3n) is 7.70. The molecule has 1 fully saturated rings. The number of aliphatic carboxylic acids is 1. The highest BCUT2D eigenvalue weighted by Crippen LogP contribution is 2.26. The van der Waals surface area contributed by atoms with E-state index >= 15 is 0 Å². The Bertz CT molecular complexity index is 1550. The number of para-hydroxylation sites is 1. The summed E-state index contributed by atoms with van der Waals surface area (Å²) < 4.78 is 24.8. The molecule has 46 heavy (non-hydrogen) atoms. The molecule has 2 atom stereocenters. The summed E-state index contributed by atoms with van der Waals surface area (Å²) in [6.45, 7) is 6.93. The fourth-order valence-corrected chi connectivity index (χ4v) is 5.26. The van der Waals surface area contributed by atoms with Crippen LogP contribution < -0.4 is 20.3 Å². The van der Waals surface area contributed by atoms with Gasteiger partial charge in [-0.05, 0) is 43.2 Å². The second kappa shape index (κ2) is 15.4. The average molecular weight is 639 g/mol. The molecule has 2 heterocycles. The maximum atomic E-state index is 14.2. The zero-order valence-electron chi connectivity index (χ0n) is 26.3. The number of carbonyl (C=O) groups is 4. The minimum Gasteiger partial charge on any atom is -0.496 e. The number of hydrogen-bond donors (Lipinski definition) is 3. The lowest BCUT2D eigenvalue weighted by molar-refractivity contribution is -0.141. The molecule has 1 unspecified atom stereocenters. The number of nitrogens with zero attached hydrogens (tertiary/aromatic N) is 4. The number of amides is 2. The van der Waals surface area contributed by atoms with Crippen molar-refractivity contribution in [3.63, 3.8) is 0 Å². The van der Waals surface area contributed by atoms with E-state index in [-0.39, 0.29) is 30.6 Å². The second-order valence-electron chi connectivity index (χ2n) is 11.5. The van der Waals surface area contributed by atoms with Crippen LogP contribution in [-0.2, 0) is 25.6 Å².